The zero-order valence-electron chi connectivity index (χ0n) is 22.3. The van der Waals surface area contributed by atoms with Gasteiger partial charge < -0.3 is 29.6 Å². The number of thiocarbonyl (C=S) groups is 1. The van der Waals surface area contributed by atoms with Gasteiger partial charge in [0.15, 0.2) is 23.2 Å². The van der Waals surface area contributed by atoms with E-state index in [1.165, 1.54) is 6.21 Å². The van der Waals surface area contributed by atoms with Crippen molar-refractivity contribution in [3.8, 4) is 17.2 Å². The number of benzene rings is 2. The van der Waals surface area contributed by atoms with Crippen molar-refractivity contribution in [1.82, 2.24) is 16.1 Å². The Kier molecular flexibility index (Phi) is 10.7. The molecule has 1 aliphatic rings. The summed E-state index contributed by atoms with van der Waals surface area (Å²) in [5, 5.41) is 10.4. The van der Waals surface area contributed by atoms with E-state index in [4.69, 9.17) is 31.2 Å². The summed E-state index contributed by atoms with van der Waals surface area (Å²) >= 11 is 8.79. The van der Waals surface area contributed by atoms with Crippen LogP contribution in [0.3, 0.4) is 0 Å². The van der Waals surface area contributed by atoms with E-state index in [-0.39, 0.29) is 19.3 Å². The summed E-state index contributed by atoms with van der Waals surface area (Å²) in [7, 11) is 1.55. The van der Waals surface area contributed by atoms with Crippen LogP contribution in [0.25, 0.3) is 0 Å². The number of hydrazone groups is 1. The van der Waals surface area contributed by atoms with Crippen LogP contribution in [0.5, 0.6) is 17.2 Å². The van der Waals surface area contributed by atoms with Gasteiger partial charge in [-0.3, -0.25) is 4.79 Å². The van der Waals surface area contributed by atoms with Gasteiger partial charge in [-0.2, -0.15) is 5.10 Å². The van der Waals surface area contributed by atoms with Crippen LogP contribution in [-0.4, -0.2) is 49.6 Å². The number of rotatable bonds is 11. The van der Waals surface area contributed by atoms with Crippen LogP contribution in [0.4, 0.5) is 0 Å². The summed E-state index contributed by atoms with van der Waals surface area (Å²) in [6, 6.07) is 10.0. The molecule has 1 amide bonds. The highest BCUT2D eigenvalue weighted by molar-refractivity contribution is 9.10. The van der Waals surface area contributed by atoms with Crippen LogP contribution in [0.1, 0.15) is 44.9 Å². The molecule has 0 saturated heterocycles. The Morgan fingerprint density at radius 1 is 1.23 bits per heavy atom. The number of methoxy groups -OCH3 is 1. The van der Waals surface area contributed by atoms with Crippen LogP contribution in [0.2, 0.25) is 0 Å². The molecule has 0 aromatic heterocycles. The first kappa shape index (κ1) is 29.9. The summed E-state index contributed by atoms with van der Waals surface area (Å²) < 4.78 is 23.0. The maximum atomic E-state index is 12.7. The molecule has 0 unspecified atom stereocenters. The zero-order valence-corrected chi connectivity index (χ0v) is 24.7. The van der Waals surface area contributed by atoms with Crippen LogP contribution >= 0.6 is 28.1 Å². The van der Waals surface area contributed by atoms with Gasteiger partial charge in [0.1, 0.15) is 5.75 Å². The van der Waals surface area contributed by atoms with Crippen molar-refractivity contribution in [2.24, 2.45) is 5.10 Å². The molecule has 1 atom stereocenters. The molecule has 2 aromatic carbocycles. The summed E-state index contributed by atoms with van der Waals surface area (Å²) in [4.78, 5) is 25.2. The average molecular weight is 620 g/mol. The van der Waals surface area contributed by atoms with Gasteiger partial charge in [0, 0.05) is 11.3 Å². The molecule has 10 nitrogen and oxygen atoms in total. The third kappa shape index (κ3) is 7.93. The Hall–Kier alpha value is -3.64. The predicted octanol–water partition coefficient (Wildman–Crippen LogP) is 4.13. The lowest BCUT2D eigenvalue weighted by Crippen LogP contribution is -2.45. The molecule has 3 rings (SSSR count). The summed E-state index contributed by atoms with van der Waals surface area (Å²) in [6.07, 6.45) is 1.45. The van der Waals surface area contributed by atoms with E-state index in [0.717, 1.165) is 0 Å². The van der Waals surface area contributed by atoms with Crippen LogP contribution in [0.15, 0.2) is 57.2 Å². The number of hydrogen-bond donors (Lipinski definition) is 3. The van der Waals surface area contributed by atoms with E-state index in [1.807, 2.05) is 13.8 Å². The summed E-state index contributed by atoms with van der Waals surface area (Å²) in [5.41, 5.74) is 4.72. The average Bonchev–Trinajstić information content (AvgIpc) is 2.88. The number of ether oxygens (including phenoxy) is 4. The van der Waals surface area contributed by atoms with Crippen molar-refractivity contribution in [2.45, 2.75) is 39.8 Å². The monoisotopic (exact) mass is 618 g/mol. The van der Waals surface area contributed by atoms with Gasteiger partial charge in [-0.05, 0) is 79.6 Å². The quantitative estimate of drug-likeness (QED) is 0.148. The maximum Gasteiger partial charge on any atom is 0.338 e. The molecule has 2 aromatic rings. The maximum absolute atomic E-state index is 12.7. The second kappa shape index (κ2) is 13.9. The van der Waals surface area contributed by atoms with E-state index in [0.29, 0.717) is 49.2 Å². The molecule has 208 valence electrons. The van der Waals surface area contributed by atoms with Crippen LogP contribution < -0.4 is 30.3 Å². The zero-order chi connectivity index (χ0) is 28.5. The highest BCUT2D eigenvalue weighted by Gasteiger charge is 2.32. The molecule has 0 saturated carbocycles. The fourth-order valence-electron chi connectivity index (χ4n) is 3.78. The Balaban J connectivity index is 1.70. The van der Waals surface area contributed by atoms with Crippen molar-refractivity contribution in [3.63, 3.8) is 0 Å². The van der Waals surface area contributed by atoms with Crippen LogP contribution in [0, 0.1) is 0 Å². The minimum atomic E-state index is -0.619. The van der Waals surface area contributed by atoms with E-state index in [2.05, 4.69) is 37.1 Å². The lowest BCUT2D eigenvalue weighted by atomic mass is 9.95. The number of carbonyl (C=O) groups excluding carboxylic acids is 2. The standard InChI is InChI=1S/C27H31BrN4O6S/c1-6-36-26(34)23-16(4)30-27(39)31-24(23)18-9-7-8-10-20(18)37-14-22(33)32-29-13-17-11-19(28)25(38-15(2)3)21(12-17)35-5/h7-13,15,24H,6,14H2,1-5H3,(H,32,33)(H2,30,31,39)/t24-/m1/s1. The molecule has 1 heterocycles. The molecule has 39 heavy (non-hydrogen) atoms. The molecule has 0 aliphatic carbocycles. The molecule has 0 bridgehead atoms. The minimum absolute atomic E-state index is 0.0295. The Bertz CT molecular complexity index is 1300. The smallest absolute Gasteiger partial charge is 0.338 e. The summed E-state index contributed by atoms with van der Waals surface area (Å²) in [6.45, 7) is 7.25. The van der Waals surface area contributed by atoms with Gasteiger partial charge in [-0.25, -0.2) is 10.2 Å². The first-order valence-corrected chi connectivity index (χ1v) is 13.4. The van der Waals surface area contributed by atoms with E-state index >= 15 is 0 Å². The van der Waals surface area contributed by atoms with Crippen molar-refractivity contribution in [2.75, 3.05) is 20.3 Å². The first-order valence-electron chi connectivity index (χ1n) is 12.2. The minimum Gasteiger partial charge on any atom is -0.493 e. The van der Waals surface area contributed by atoms with Crippen molar-refractivity contribution < 1.29 is 28.5 Å². The second-order valence-corrected chi connectivity index (χ2v) is 9.87. The SMILES string of the molecule is CCOC(=O)C1=C(C)NC(=S)N[C@@H]1c1ccccc1OCC(=O)NN=Cc1cc(Br)c(OC(C)C)c(OC)c1. The highest BCUT2D eigenvalue weighted by Crippen LogP contribution is 2.37. The predicted molar refractivity (Wildman–Crippen MR) is 155 cm³/mol. The highest BCUT2D eigenvalue weighted by atomic mass is 79.9. The number of amides is 1. The van der Waals surface area contributed by atoms with Gasteiger partial charge in [0.2, 0.25) is 0 Å². The van der Waals surface area contributed by atoms with Gasteiger partial charge in [-0.15, -0.1) is 0 Å². The molecule has 1 aliphatic heterocycles. The number of halogens is 1. The number of nitrogens with zero attached hydrogens (tertiary/aromatic N) is 1. The normalized spacial score (nSPS) is 15.1. The number of esters is 1. The lowest BCUT2D eigenvalue weighted by molar-refractivity contribution is -0.139. The Labute approximate surface area is 241 Å². The first-order chi connectivity index (χ1) is 18.6. The fourth-order valence-corrected chi connectivity index (χ4v) is 4.60. The fraction of sp³-hybridized carbons (Fsp3) is 0.333. The summed E-state index contributed by atoms with van der Waals surface area (Å²) in [5.74, 6) is 0.571. The van der Waals surface area contributed by atoms with Crippen molar-refractivity contribution >= 4 is 51.4 Å². The lowest BCUT2D eigenvalue weighted by Gasteiger charge is -2.30. The number of hydrogen-bond acceptors (Lipinski definition) is 8. The van der Waals surface area contributed by atoms with E-state index in [9.17, 15) is 9.59 Å². The van der Waals surface area contributed by atoms with Crippen LogP contribution in [-0.2, 0) is 14.3 Å². The molecular formula is C27H31BrN4O6S. The molecular weight excluding hydrogens is 588 g/mol. The Morgan fingerprint density at radius 2 is 1.97 bits per heavy atom. The third-order valence-electron chi connectivity index (χ3n) is 5.36. The van der Waals surface area contributed by atoms with Gasteiger partial charge >= 0.3 is 5.97 Å². The second-order valence-electron chi connectivity index (χ2n) is 8.61. The number of para-hydroxylation sites is 1. The van der Waals surface area contributed by atoms with Gasteiger partial charge in [0.25, 0.3) is 5.91 Å². The topological polar surface area (TPSA) is 120 Å². The largest absolute Gasteiger partial charge is 0.493 e. The number of allylic oxidation sites excluding steroid dienone is 1. The van der Waals surface area contributed by atoms with Gasteiger partial charge in [-0.1, -0.05) is 18.2 Å². The Morgan fingerprint density at radius 3 is 2.67 bits per heavy atom. The van der Waals surface area contributed by atoms with Crippen molar-refractivity contribution in [1.29, 1.82) is 0 Å². The third-order valence-corrected chi connectivity index (χ3v) is 6.17. The van der Waals surface area contributed by atoms with Crippen molar-refractivity contribution in [3.05, 3.63) is 63.3 Å². The van der Waals surface area contributed by atoms with Gasteiger partial charge in [0.05, 0.1) is 42.1 Å². The number of carbonyl (C=O) groups is 2. The molecule has 0 spiro atoms. The van der Waals surface area contributed by atoms with E-state index in [1.54, 1.807) is 57.4 Å². The molecule has 12 heteroatoms. The number of nitrogens with one attached hydrogen (secondary N) is 3. The molecule has 3 N–H and O–H groups in total. The van der Waals surface area contributed by atoms with E-state index < -0.39 is 17.9 Å². The molecule has 0 fully saturated rings. The molecule has 0 radical (unpaired) electrons.